The highest BCUT2D eigenvalue weighted by atomic mass is 28.1. The van der Waals surface area contributed by atoms with Crippen molar-refractivity contribution >= 4 is 34.1 Å². The molecule has 0 bridgehead atoms. The van der Waals surface area contributed by atoms with Crippen LogP contribution in [-0.2, 0) is 33.4 Å². The molecule has 0 aliphatic carbocycles. The van der Waals surface area contributed by atoms with Crippen LogP contribution in [0.2, 0.25) is 0 Å². The molecule has 0 unspecified atom stereocenters. The largest absolute Gasteiger partial charge is 0.481 e. The van der Waals surface area contributed by atoms with E-state index >= 15 is 0 Å². The third kappa shape index (κ3) is 15.8. The molecule has 0 rings (SSSR count). The molecule has 0 fully saturated rings. The van der Waals surface area contributed by atoms with E-state index in [-0.39, 0.29) is 21.6 Å². The molecule has 19 heavy (non-hydrogen) atoms. The van der Waals surface area contributed by atoms with E-state index in [4.69, 9.17) is 9.90 Å². The van der Waals surface area contributed by atoms with Crippen LogP contribution in [0.3, 0.4) is 0 Å². The SMILES string of the molecule is CC(=O)O.CC(=O)OC([SiH3])=C(OC(C)=O)OC(C)=O. The zero-order valence-corrected chi connectivity index (χ0v) is 13.3. The smallest absolute Gasteiger partial charge is 0.328 e. The Hall–Kier alpha value is -2.16. The summed E-state index contributed by atoms with van der Waals surface area (Å²) in [5.41, 5.74) is 0. The average molecular weight is 292 g/mol. The first kappa shape index (κ1) is 19.2. The number of carboxylic acid groups (broad SMARTS) is 1. The van der Waals surface area contributed by atoms with Gasteiger partial charge in [0.25, 0.3) is 5.97 Å². The van der Waals surface area contributed by atoms with Crippen LogP contribution in [0.25, 0.3) is 0 Å². The molecule has 0 aliphatic rings. The van der Waals surface area contributed by atoms with Crippen LogP contribution >= 0.6 is 0 Å². The van der Waals surface area contributed by atoms with Gasteiger partial charge in [-0.2, -0.15) is 0 Å². The number of carbonyl (C=O) groups is 4. The number of carboxylic acids is 1. The number of aliphatic carboxylic acids is 1. The molecular formula is C10H16O8Si. The Balaban J connectivity index is 0. The third-order valence-corrected chi connectivity index (χ3v) is 1.67. The average Bonchev–Trinajstić information content (AvgIpc) is 2.12. The lowest BCUT2D eigenvalue weighted by molar-refractivity contribution is -0.153. The van der Waals surface area contributed by atoms with Crippen LogP contribution in [0, 0.1) is 0 Å². The van der Waals surface area contributed by atoms with Gasteiger partial charge in [-0.3, -0.25) is 19.2 Å². The molecule has 1 N–H and O–H groups in total. The Bertz CT molecular complexity index is 376. The molecule has 0 spiro atoms. The standard InChI is InChI=1S/C8H12O6Si.C2H4O2/c1-4(9)12-7(13-5(2)10)8(15)14-6(3)11;1-2(3)4/h1-3,15H3;1H3,(H,3,4). The van der Waals surface area contributed by atoms with Crippen molar-refractivity contribution in [3.8, 4) is 0 Å². The van der Waals surface area contributed by atoms with Crippen molar-refractivity contribution in [2.45, 2.75) is 27.7 Å². The zero-order chi connectivity index (χ0) is 15.6. The van der Waals surface area contributed by atoms with Gasteiger partial charge in [0.1, 0.15) is 0 Å². The van der Waals surface area contributed by atoms with Gasteiger partial charge in [-0.15, -0.1) is 0 Å². The fraction of sp³-hybridized carbons (Fsp3) is 0.400. The van der Waals surface area contributed by atoms with Crippen molar-refractivity contribution in [3.05, 3.63) is 11.3 Å². The lowest BCUT2D eigenvalue weighted by atomic mass is 10.7. The highest BCUT2D eigenvalue weighted by Crippen LogP contribution is 2.08. The molecule has 8 nitrogen and oxygen atoms in total. The summed E-state index contributed by atoms with van der Waals surface area (Å²) >= 11 is 0. The minimum atomic E-state index is -0.833. The topological polar surface area (TPSA) is 116 Å². The summed E-state index contributed by atoms with van der Waals surface area (Å²) in [6.07, 6.45) is 0. The molecule has 0 aromatic carbocycles. The molecule has 0 aromatic heterocycles. The number of ether oxygens (including phenoxy) is 3. The Labute approximate surface area is 112 Å². The summed E-state index contributed by atoms with van der Waals surface area (Å²) in [7, 11) is 0.263. The first-order valence-corrected chi connectivity index (χ1v) is 6.01. The zero-order valence-electron chi connectivity index (χ0n) is 11.3. The first-order chi connectivity index (χ1) is 8.56. The molecule has 0 amide bonds. The van der Waals surface area contributed by atoms with Gasteiger partial charge >= 0.3 is 23.9 Å². The van der Waals surface area contributed by atoms with Gasteiger partial charge in [-0.05, 0) is 0 Å². The van der Waals surface area contributed by atoms with Crippen LogP contribution in [0.5, 0.6) is 0 Å². The van der Waals surface area contributed by atoms with E-state index < -0.39 is 23.9 Å². The fourth-order valence-electron chi connectivity index (χ4n) is 0.683. The second-order valence-electron chi connectivity index (χ2n) is 3.14. The second-order valence-corrected chi connectivity index (χ2v) is 4.05. The van der Waals surface area contributed by atoms with Crippen molar-refractivity contribution in [1.29, 1.82) is 0 Å². The molecular weight excluding hydrogens is 276 g/mol. The van der Waals surface area contributed by atoms with Crippen LogP contribution in [0.4, 0.5) is 0 Å². The number of hydrogen-bond acceptors (Lipinski definition) is 7. The summed E-state index contributed by atoms with van der Waals surface area (Å²) in [5.74, 6) is -3.09. The number of hydrogen-bond donors (Lipinski definition) is 1. The summed E-state index contributed by atoms with van der Waals surface area (Å²) < 4.78 is 13.8. The summed E-state index contributed by atoms with van der Waals surface area (Å²) in [5, 5.41) is 7.47. The van der Waals surface area contributed by atoms with Crippen LogP contribution < -0.4 is 0 Å². The monoisotopic (exact) mass is 292 g/mol. The quantitative estimate of drug-likeness (QED) is 0.410. The highest BCUT2D eigenvalue weighted by Gasteiger charge is 2.13. The normalized spacial score (nSPS) is 8.42. The van der Waals surface area contributed by atoms with E-state index in [1.54, 1.807) is 0 Å². The van der Waals surface area contributed by atoms with Crippen molar-refractivity contribution < 1.29 is 38.5 Å². The predicted octanol–water partition coefficient (Wildman–Crippen LogP) is -0.741. The molecule has 9 heteroatoms. The summed E-state index contributed by atoms with van der Waals surface area (Å²) in [6.45, 7) is 4.56. The van der Waals surface area contributed by atoms with Gasteiger partial charge in [-0.25, -0.2) is 0 Å². The predicted molar refractivity (Wildman–Crippen MR) is 65.6 cm³/mol. The third-order valence-electron chi connectivity index (χ3n) is 1.06. The minimum absolute atomic E-state index is 0.0490. The van der Waals surface area contributed by atoms with Crippen molar-refractivity contribution in [1.82, 2.24) is 0 Å². The van der Waals surface area contributed by atoms with E-state index in [2.05, 4.69) is 14.2 Å². The van der Waals surface area contributed by atoms with Gasteiger partial charge in [0.2, 0.25) is 0 Å². The molecule has 0 saturated carbocycles. The van der Waals surface area contributed by atoms with Gasteiger partial charge < -0.3 is 19.3 Å². The molecule has 0 aliphatic heterocycles. The van der Waals surface area contributed by atoms with Crippen molar-refractivity contribution in [2.75, 3.05) is 0 Å². The number of carbonyl (C=O) groups excluding carboxylic acids is 3. The Morgan fingerprint density at radius 3 is 1.26 bits per heavy atom. The van der Waals surface area contributed by atoms with Gasteiger partial charge in [0, 0.05) is 27.7 Å². The summed E-state index contributed by atoms with van der Waals surface area (Å²) in [4.78, 5) is 40.9. The maximum atomic E-state index is 10.7. The molecule has 0 radical (unpaired) electrons. The van der Waals surface area contributed by atoms with E-state index in [0.29, 0.717) is 0 Å². The molecule has 0 atom stereocenters. The van der Waals surface area contributed by atoms with Gasteiger partial charge in [0.15, 0.2) is 5.38 Å². The van der Waals surface area contributed by atoms with Gasteiger partial charge in [-0.1, -0.05) is 0 Å². The molecule has 0 saturated heterocycles. The van der Waals surface area contributed by atoms with E-state index in [9.17, 15) is 14.4 Å². The Morgan fingerprint density at radius 1 is 0.789 bits per heavy atom. The van der Waals surface area contributed by atoms with E-state index in [1.807, 2.05) is 0 Å². The Morgan fingerprint density at radius 2 is 1.05 bits per heavy atom. The number of esters is 3. The lowest BCUT2D eigenvalue weighted by Gasteiger charge is -2.09. The van der Waals surface area contributed by atoms with E-state index in [1.165, 1.54) is 6.92 Å². The van der Waals surface area contributed by atoms with Crippen LogP contribution in [0.1, 0.15) is 27.7 Å². The molecule has 108 valence electrons. The Kier molecular flexibility index (Phi) is 9.92. The minimum Gasteiger partial charge on any atom is -0.481 e. The molecule has 0 aromatic rings. The van der Waals surface area contributed by atoms with Crippen LogP contribution in [-0.4, -0.2) is 39.2 Å². The first-order valence-electron chi connectivity index (χ1n) is 5.01. The van der Waals surface area contributed by atoms with Crippen molar-refractivity contribution in [2.24, 2.45) is 0 Å². The molecule has 0 heterocycles. The number of rotatable bonds is 3. The maximum Gasteiger partial charge on any atom is 0.328 e. The lowest BCUT2D eigenvalue weighted by Crippen LogP contribution is -2.12. The van der Waals surface area contributed by atoms with Crippen LogP contribution in [0.15, 0.2) is 11.3 Å². The van der Waals surface area contributed by atoms with E-state index in [0.717, 1.165) is 20.8 Å². The summed E-state index contributed by atoms with van der Waals surface area (Å²) in [6, 6.07) is 0. The second kappa shape index (κ2) is 9.83. The maximum absolute atomic E-state index is 10.7. The van der Waals surface area contributed by atoms with Gasteiger partial charge in [0.05, 0.1) is 10.2 Å². The highest BCUT2D eigenvalue weighted by molar-refractivity contribution is 6.21. The fourth-order valence-corrected chi connectivity index (χ4v) is 1.17. The van der Waals surface area contributed by atoms with Crippen molar-refractivity contribution in [3.63, 3.8) is 0 Å².